The van der Waals surface area contributed by atoms with Crippen molar-refractivity contribution in [1.29, 1.82) is 0 Å². The van der Waals surface area contributed by atoms with Gasteiger partial charge in [0.1, 0.15) is 11.0 Å². The molecular formula is C13H12INOS. The molecule has 0 radical (unpaired) electrons. The van der Waals surface area contributed by atoms with Crippen LogP contribution in [0.1, 0.15) is 5.56 Å². The second-order valence-corrected chi connectivity index (χ2v) is 6.15. The molecule has 2 nitrogen and oxygen atoms in total. The van der Waals surface area contributed by atoms with Crippen LogP contribution >= 0.6 is 22.6 Å². The summed E-state index contributed by atoms with van der Waals surface area (Å²) in [5, 5.41) is 0. The van der Waals surface area contributed by atoms with Gasteiger partial charge in [0.05, 0.1) is 4.90 Å². The smallest absolute Gasteiger partial charge is 0.150 e. The van der Waals surface area contributed by atoms with E-state index < -0.39 is 11.0 Å². The molecule has 2 aromatic rings. The van der Waals surface area contributed by atoms with E-state index in [0.717, 1.165) is 19.7 Å². The fourth-order valence-electron chi connectivity index (χ4n) is 1.43. The molecule has 1 N–H and O–H groups in total. The SMILES string of the molecule is Cc1cccc(N[S@@](=O)c2ccc(I)cc2)c1. The predicted molar refractivity (Wildman–Crippen MR) is 80.4 cm³/mol. The van der Waals surface area contributed by atoms with Gasteiger partial charge in [0.25, 0.3) is 0 Å². The van der Waals surface area contributed by atoms with Crippen molar-refractivity contribution in [3.8, 4) is 0 Å². The molecule has 4 heteroatoms. The van der Waals surface area contributed by atoms with Crippen molar-refractivity contribution in [2.75, 3.05) is 4.72 Å². The lowest BCUT2D eigenvalue weighted by Gasteiger charge is -2.06. The Labute approximate surface area is 117 Å². The van der Waals surface area contributed by atoms with Crippen LogP contribution in [0.5, 0.6) is 0 Å². The Hall–Kier alpha value is -0.880. The zero-order valence-corrected chi connectivity index (χ0v) is 12.3. The molecule has 17 heavy (non-hydrogen) atoms. The normalized spacial score (nSPS) is 12.1. The molecule has 2 aromatic carbocycles. The molecule has 0 aliphatic heterocycles. The van der Waals surface area contributed by atoms with E-state index in [9.17, 15) is 4.21 Å². The number of hydrogen-bond donors (Lipinski definition) is 1. The highest BCUT2D eigenvalue weighted by Gasteiger charge is 2.03. The van der Waals surface area contributed by atoms with Crippen LogP contribution in [0.4, 0.5) is 5.69 Å². The monoisotopic (exact) mass is 357 g/mol. The van der Waals surface area contributed by atoms with E-state index in [1.54, 1.807) is 0 Å². The average Bonchev–Trinajstić information content (AvgIpc) is 2.29. The summed E-state index contributed by atoms with van der Waals surface area (Å²) in [4.78, 5) is 0.784. The van der Waals surface area contributed by atoms with Gasteiger partial charge < -0.3 is 4.72 Å². The van der Waals surface area contributed by atoms with Crippen LogP contribution in [0, 0.1) is 10.5 Å². The van der Waals surface area contributed by atoms with Crippen LogP contribution in [0.25, 0.3) is 0 Å². The third-order valence-corrected chi connectivity index (χ3v) is 4.10. The standard InChI is InChI=1S/C13H12INOS/c1-10-3-2-4-12(9-10)15-17(16)13-7-5-11(14)6-8-13/h2-9,15H,1H3/t17-/m0/s1. The highest BCUT2D eigenvalue weighted by molar-refractivity contribution is 14.1. The van der Waals surface area contributed by atoms with Crippen LogP contribution in [0.2, 0.25) is 0 Å². The quantitative estimate of drug-likeness (QED) is 0.834. The zero-order chi connectivity index (χ0) is 12.3. The Kier molecular flexibility index (Phi) is 4.17. The summed E-state index contributed by atoms with van der Waals surface area (Å²) in [6.45, 7) is 2.01. The van der Waals surface area contributed by atoms with E-state index in [1.165, 1.54) is 0 Å². The zero-order valence-electron chi connectivity index (χ0n) is 9.31. The second-order valence-electron chi connectivity index (χ2n) is 3.69. The van der Waals surface area contributed by atoms with Crippen molar-refractivity contribution in [1.82, 2.24) is 0 Å². The van der Waals surface area contributed by atoms with Gasteiger partial charge in [-0.15, -0.1) is 0 Å². The first-order valence-electron chi connectivity index (χ1n) is 5.16. The van der Waals surface area contributed by atoms with Crippen molar-refractivity contribution in [3.05, 3.63) is 57.7 Å². The van der Waals surface area contributed by atoms with Crippen LogP contribution in [-0.4, -0.2) is 4.21 Å². The highest BCUT2D eigenvalue weighted by atomic mass is 127. The summed E-state index contributed by atoms with van der Waals surface area (Å²) in [5.74, 6) is 0. The molecule has 0 heterocycles. The minimum atomic E-state index is -1.20. The van der Waals surface area contributed by atoms with E-state index in [-0.39, 0.29) is 0 Å². The maximum atomic E-state index is 12.0. The van der Waals surface area contributed by atoms with Crippen molar-refractivity contribution < 1.29 is 4.21 Å². The van der Waals surface area contributed by atoms with Gasteiger partial charge in [-0.2, -0.15) is 0 Å². The molecule has 0 saturated carbocycles. The van der Waals surface area contributed by atoms with E-state index in [2.05, 4.69) is 27.3 Å². The molecule has 2 rings (SSSR count). The number of nitrogens with one attached hydrogen (secondary N) is 1. The summed E-state index contributed by atoms with van der Waals surface area (Å²) >= 11 is 2.23. The Morgan fingerprint density at radius 1 is 1.12 bits per heavy atom. The van der Waals surface area contributed by atoms with Gasteiger partial charge in [-0.3, -0.25) is 0 Å². The first-order chi connectivity index (χ1) is 8.15. The van der Waals surface area contributed by atoms with E-state index in [4.69, 9.17) is 0 Å². The molecule has 0 unspecified atom stereocenters. The third-order valence-electron chi connectivity index (χ3n) is 2.26. The topological polar surface area (TPSA) is 29.1 Å². The molecule has 0 aliphatic carbocycles. The van der Waals surface area contributed by atoms with Gasteiger partial charge in [-0.05, 0) is 71.5 Å². The Morgan fingerprint density at radius 3 is 2.47 bits per heavy atom. The highest BCUT2D eigenvalue weighted by Crippen LogP contribution is 2.15. The maximum Gasteiger partial charge on any atom is 0.150 e. The fraction of sp³-hybridized carbons (Fsp3) is 0.0769. The minimum absolute atomic E-state index is 0.784. The van der Waals surface area contributed by atoms with Gasteiger partial charge in [0.2, 0.25) is 0 Å². The van der Waals surface area contributed by atoms with Crippen LogP contribution in [0.3, 0.4) is 0 Å². The Bertz CT molecular complexity index is 539. The predicted octanol–water partition coefficient (Wildman–Crippen LogP) is 3.73. The molecule has 88 valence electrons. The van der Waals surface area contributed by atoms with E-state index in [0.29, 0.717) is 0 Å². The van der Waals surface area contributed by atoms with Crippen molar-refractivity contribution in [2.45, 2.75) is 11.8 Å². The molecule has 1 atom stereocenters. The van der Waals surface area contributed by atoms with Crippen LogP contribution < -0.4 is 4.72 Å². The minimum Gasteiger partial charge on any atom is -0.301 e. The van der Waals surface area contributed by atoms with Crippen LogP contribution in [0.15, 0.2) is 53.4 Å². The largest absolute Gasteiger partial charge is 0.301 e. The number of anilines is 1. The van der Waals surface area contributed by atoms with Crippen molar-refractivity contribution in [2.24, 2.45) is 0 Å². The van der Waals surface area contributed by atoms with E-state index >= 15 is 0 Å². The lowest BCUT2D eigenvalue weighted by atomic mass is 10.2. The summed E-state index contributed by atoms with van der Waals surface area (Å²) in [5.41, 5.74) is 2.02. The summed E-state index contributed by atoms with van der Waals surface area (Å²) in [6, 6.07) is 15.5. The molecule has 0 fully saturated rings. The number of hydrogen-bond acceptors (Lipinski definition) is 1. The molecule has 0 aromatic heterocycles. The Balaban J connectivity index is 2.14. The van der Waals surface area contributed by atoms with Crippen molar-refractivity contribution in [3.63, 3.8) is 0 Å². The van der Waals surface area contributed by atoms with Crippen molar-refractivity contribution >= 4 is 39.3 Å². The maximum absolute atomic E-state index is 12.0. The van der Waals surface area contributed by atoms with Gasteiger partial charge in [0, 0.05) is 9.26 Å². The summed E-state index contributed by atoms with van der Waals surface area (Å²) < 4.78 is 16.2. The summed E-state index contributed by atoms with van der Waals surface area (Å²) in [7, 11) is -1.20. The van der Waals surface area contributed by atoms with Gasteiger partial charge in [0.15, 0.2) is 0 Å². The molecule has 0 amide bonds. The van der Waals surface area contributed by atoms with Crippen LogP contribution in [-0.2, 0) is 11.0 Å². The summed E-state index contributed by atoms with van der Waals surface area (Å²) in [6.07, 6.45) is 0. The number of halogens is 1. The fourth-order valence-corrected chi connectivity index (χ4v) is 2.63. The molecule has 0 spiro atoms. The third kappa shape index (κ3) is 3.54. The number of benzene rings is 2. The molecule has 0 bridgehead atoms. The average molecular weight is 357 g/mol. The van der Waals surface area contributed by atoms with Gasteiger partial charge in [-0.25, -0.2) is 4.21 Å². The Morgan fingerprint density at radius 2 is 1.82 bits per heavy atom. The first-order valence-corrected chi connectivity index (χ1v) is 7.39. The lowest BCUT2D eigenvalue weighted by molar-refractivity contribution is 0.686. The lowest BCUT2D eigenvalue weighted by Crippen LogP contribution is -2.04. The molecule has 0 saturated heterocycles. The first kappa shape index (κ1) is 12.6. The van der Waals surface area contributed by atoms with Gasteiger partial charge >= 0.3 is 0 Å². The number of aryl methyl sites for hydroxylation is 1. The number of rotatable bonds is 3. The van der Waals surface area contributed by atoms with Gasteiger partial charge in [-0.1, -0.05) is 12.1 Å². The molecule has 0 aliphatic rings. The second kappa shape index (κ2) is 5.64. The van der Waals surface area contributed by atoms with E-state index in [1.807, 2.05) is 55.5 Å². The molecular weight excluding hydrogens is 345 g/mol.